The molecule has 0 spiro atoms. The number of likely N-dealkylation sites (tertiary alicyclic amines) is 2. The second kappa shape index (κ2) is 9.40. The Balaban J connectivity index is 1.45. The number of nitrogens with zero attached hydrogens (tertiary/aromatic N) is 5. The van der Waals surface area contributed by atoms with Crippen LogP contribution in [0.1, 0.15) is 42.2 Å². The number of rotatable bonds is 8. The van der Waals surface area contributed by atoms with Crippen LogP contribution in [0.3, 0.4) is 0 Å². The molecule has 4 rings (SSSR count). The quantitative estimate of drug-likeness (QED) is 0.617. The van der Waals surface area contributed by atoms with Gasteiger partial charge in [0.05, 0.1) is 33.0 Å². The smallest absolute Gasteiger partial charge is 0.276 e. The molecule has 0 bridgehead atoms. The Kier molecular flexibility index (Phi) is 6.59. The Morgan fingerprint density at radius 3 is 2.75 bits per heavy atom. The van der Waals surface area contributed by atoms with E-state index in [1.807, 2.05) is 19.1 Å². The van der Waals surface area contributed by atoms with Gasteiger partial charge >= 0.3 is 0 Å². The summed E-state index contributed by atoms with van der Waals surface area (Å²) in [6.45, 7) is 4.09. The minimum absolute atomic E-state index is 0.149. The molecule has 8 nitrogen and oxygen atoms in total. The van der Waals surface area contributed by atoms with Crippen molar-refractivity contribution in [3.63, 3.8) is 0 Å². The number of carbonyl (C=O) groups is 1. The molecule has 1 aromatic carbocycles. The van der Waals surface area contributed by atoms with Crippen LogP contribution in [0.4, 0.5) is 8.78 Å². The highest BCUT2D eigenvalue weighted by molar-refractivity contribution is 5.92. The van der Waals surface area contributed by atoms with Gasteiger partial charge in [-0.3, -0.25) is 14.4 Å². The summed E-state index contributed by atoms with van der Waals surface area (Å²) in [4.78, 5) is 16.0. The van der Waals surface area contributed by atoms with E-state index in [9.17, 15) is 13.6 Å². The van der Waals surface area contributed by atoms with Crippen LogP contribution in [-0.4, -0.2) is 76.0 Å². The monoisotopic (exact) mass is 449 g/mol. The number of amides is 1. The Bertz CT molecular complexity index is 945. The van der Waals surface area contributed by atoms with Gasteiger partial charge in [-0.2, -0.15) is 0 Å². The highest BCUT2D eigenvalue weighted by Crippen LogP contribution is 2.35. The lowest BCUT2D eigenvalue weighted by atomic mass is 10.1. The SMILES string of the molecule is CCOc1ccc(CN2CC(F)(F)C[C@H]2Cn2cc(C(=O)N3CCCC3)nn2)cc1OC. The molecule has 0 saturated carbocycles. The number of methoxy groups -OCH3 is 1. The predicted molar refractivity (Wildman–Crippen MR) is 113 cm³/mol. The predicted octanol–water partition coefficient (Wildman–Crippen LogP) is 2.83. The van der Waals surface area contributed by atoms with Gasteiger partial charge in [-0.1, -0.05) is 11.3 Å². The fourth-order valence-electron chi connectivity index (χ4n) is 4.43. The van der Waals surface area contributed by atoms with E-state index in [2.05, 4.69) is 10.3 Å². The highest BCUT2D eigenvalue weighted by Gasteiger charge is 2.45. The topological polar surface area (TPSA) is 72.7 Å². The molecule has 1 aromatic heterocycles. The van der Waals surface area contributed by atoms with Gasteiger partial charge in [-0.15, -0.1) is 5.10 Å². The number of benzene rings is 1. The van der Waals surface area contributed by atoms with Crippen molar-refractivity contribution in [3.05, 3.63) is 35.7 Å². The van der Waals surface area contributed by atoms with E-state index in [1.54, 1.807) is 29.2 Å². The third kappa shape index (κ3) is 5.01. The number of carbonyl (C=O) groups excluding carboxylic acids is 1. The summed E-state index contributed by atoms with van der Waals surface area (Å²) in [6.07, 6.45) is 3.27. The van der Waals surface area contributed by atoms with Crippen LogP contribution in [0.5, 0.6) is 11.5 Å². The number of alkyl halides is 2. The van der Waals surface area contributed by atoms with Gasteiger partial charge in [-0.25, -0.2) is 8.78 Å². The van der Waals surface area contributed by atoms with Crippen molar-refractivity contribution >= 4 is 5.91 Å². The molecule has 174 valence electrons. The Morgan fingerprint density at radius 1 is 1.25 bits per heavy atom. The summed E-state index contributed by atoms with van der Waals surface area (Å²) in [5, 5.41) is 8.02. The normalized spacial score (nSPS) is 20.6. The molecule has 10 heteroatoms. The van der Waals surface area contributed by atoms with Gasteiger partial charge in [-0.05, 0) is 37.5 Å². The first-order valence-corrected chi connectivity index (χ1v) is 11.0. The molecule has 0 N–H and O–H groups in total. The fraction of sp³-hybridized carbons (Fsp3) is 0.591. The minimum atomic E-state index is -2.78. The molecule has 1 amide bonds. The number of halogens is 2. The van der Waals surface area contributed by atoms with Gasteiger partial charge in [0.1, 0.15) is 0 Å². The van der Waals surface area contributed by atoms with Crippen LogP contribution in [0.25, 0.3) is 0 Å². The van der Waals surface area contributed by atoms with Gasteiger partial charge in [0.2, 0.25) is 0 Å². The van der Waals surface area contributed by atoms with Gasteiger partial charge in [0, 0.05) is 32.1 Å². The number of aromatic nitrogens is 3. The van der Waals surface area contributed by atoms with E-state index in [1.165, 1.54) is 4.68 Å². The summed E-state index contributed by atoms with van der Waals surface area (Å²) in [6, 6.07) is 5.05. The lowest BCUT2D eigenvalue weighted by Crippen LogP contribution is -2.33. The van der Waals surface area contributed by atoms with Crippen LogP contribution in [0.2, 0.25) is 0 Å². The molecule has 3 heterocycles. The Hall–Kier alpha value is -2.75. The summed E-state index contributed by atoms with van der Waals surface area (Å²) in [5.74, 6) is -1.73. The van der Waals surface area contributed by atoms with Gasteiger partial charge < -0.3 is 14.4 Å². The summed E-state index contributed by atoms with van der Waals surface area (Å²) in [5.41, 5.74) is 1.12. The molecule has 0 unspecified atom stereocenters. The van der Waals surface area contributed by atoms with Crippen molar-refractivity contribution in [1.29, 1.82) is 0 Å². The molecule has 2 aliphatic heterocycles. The van der Waals surface area contributed by atoms with Crippen LogP contribution in [0.15, 0.2) is 24.4 Å². The van der Waals surface area contributed by atoms with E-state index < -0.39 is 12.0 Å². The average molecular weight is 450 g/mol. The molecular weight excluding hydrogens is 420 g/mol. The van der Waals surface area contributed by atoms with E-state index in [-0.39, 0.29) is 31.1 Å². The maximum Gasteiger partial charge on any atom is 0.276 e. The maximum atomic E-state index is 14.3. The van der Waals surface area contributed by atoms with Crippen LogP contribution in [0, 0.1) is 0 Å². The number of hydrogen-bond acceptors (Lipinski definition) is 6. The zero-order chi connectivity index (χ0) is 22.7. The van der Waals surface area contributed by atoms with Crippen molar-refractivity contribution in [2.24, 2.45) is 0 Å². The van der Waals surface area contributed by atoms with E-state index >= 15 is 0 Å². The Labute approximate surface area is 186 Å². The van der Waals surface area contributed by atoms with Crippen LogP contribution >= 0.6 is 0 Å². The summed E-state index contributed by atoms with van der Waals surface area (Å²) < 4.78 is 41.0. The molecule has 2 aliphatic rings. The molecule has 0 aliphatic carbocycles. The molecule has 2 fully saturated rings. The van der Waals surface area contributed by atoms with Crippen molar-refractivity contribution < 1.29 is 23.0 Å². The fourth-order valence-corrected chi connectivity index (χ4v) is 4.43. The van der Waals surface area contributed by atoms with Crippen LogP contribution in [-0.2, 0) is 13.1 Å². The standard InChI is InChI=1S/C22H29F2N5O3/c1-3-32-19-7-6-16(10-20(19)31-2)12-28-15-22(23,24)11-17(28)13-29-14-18(25-26-29)21(30)27-8-4-5-9-27/h6-7,10,14,17H,3-5,8-9,11-13,15H2,1-2H3/t17-/m0/s1. The largest absolute Gasteiger partial charge is 0.493 e. The summed E-state index contributed by atoms with van der Waals surface area (Å²) >= 11 is 0. The third-order valence-electron chi connectivity index (χ3n) is 5.95. The summed E-state index contributed by atoms with van der Waals surface area (Å²) in [7, 11) is 1.56. The number of ether oxygens (including phenoxy) is 2. The lowest BCUT2D eigenvalue weighted by Gasteiger charge is -2.24. The molecule has 1 atom stereocenters. The molecule has 32 heavy (non-hydrogen) atoms. The first-order valence-electron chi connectivity index (χ1n) is 11.0. The second-order valence-electron chi connectivity index (χ2n) is 8.36. The maximum absolute atomic E-state index is 14.3. The molecular formula is C22H29F2N5O3. The third-order valence-corrected chi connectivity index (χ3v) is 5.95. The highest BCUT2D eigenvalue weighted by atomic mass is 19.3. The zero-order valence-electron chi connectivity index (χ0n) is 18.5. The average Bonchev–Trinajstić information content (AvgIpc) is 3.50. The molecule has 2 aromatic rings. The van der Waals surface area contributed by atoms with Crippen LogP contribution < -0.4 is 9.47 Å². The van der Waals surface area contributed by atoms with E-state index in [0.717, 1.165) is 31.5 Å². The van der Waals surface area contributed by atoms with Crippen molar-refractivity contribution in [2.75, 3.05) is 33.4 Å². The van der Waals surface area contributed by atoms with E-state index in [4.69, 9.17) is 9.47 Å². The van der Waals surface area contributed by atoms with E-state index in [0.29, 0.717) is 24.7 Å². The van der Waals surface area contributed by atoms with Crippen molar-refractivity contribution in [2.45, 2.75) is 51.2 Å². The minimum Gasteiger partial charge on any atom is -0.493 e. The lowest BCUT2D eigenvalue weighted by molar-refractivity contribution is 0.0113. The van der Waals surface area contributed by atoms with Gasteiger partial charge in [0.25, 0.3) is 11.8 Å². The Morgan fingerprint density at radius 2 is 2.03 bits per heavy atom. The van der Waals surface area contributed by atoms with Crippen molar-refractivity contribution in [3.8, 4) is 11.5 Å². The van der Waals surface area contributed by atoms with Crippen molar-refractivity contribution in [1.82, 2.24) is 24.8 Å². The second-order valence-corrected chi connectivity index (χ2v) is 8.36. The molecule has 2 saturated heterocycles. The molecule has 0 radical (unpaired) electrons. The van der Waals surface area contributed by atoms with Gasteiger partial charge in [0.15, 0.2) is 17.2 Å². The number of hydrogen-bond donors (Lipinski definition) is 0. The zero-order valence-corrected chi connectivity index (χ0v) is 18.5. The first kappa shape index (κ1) is 22.4. The first-order chi connectivity index (χ1) is 15.4.